The fraction of sp³-hybridized carbons (Fsp3) is 0.312. The zero-order valence-electron chi connectivity index (χ0n) is 11.9. The van der Waals surface area contributed by atoms with Crippen LogP contribution in [0.1, 0.15) is 37.2 Å². The van der Waals surface area contributed by atoms with Gasteiger partial charge in [-0.25, -0.2) is 4.39 Å². The number of nitrogens with zero attached hydrogens (tertiary/aromatic N) is 1. The molecule has 0 radical (unpaired) electrons. The molecule has 0 aliphatic carbocycles. The minimum absolute atomic E-state index is 0.0488. The number of ether oxygens (including phenoxy) is 1. The fourth-order valence-corrected chi connectivity index (χ4v) is 2.09. The van der Waals surface area contributed by atoms with Crippen LogP contribution in [-0.2, 0) is 0 Å². The summed E-state index contributed by atoms with van der Waals surface area (Å²) in [5.74, 6) is 0.526. The summed E-state index contributed by atoms with van der Waals surface area (Å²) in [6.07, 6.45) is 1.24. The molecule has 20 heavy (non-hydrogen) atoms. The van der Waals surface area contributed by atoms with E-state index in [1.807, 2.05) is 31.2 Å². The van der Waals surface area contributed by atoms with Crippen molar-refractivity contribution < 1.29 is 9.13 Å². The van der Waals surface area contributed by atoms with E-state index in [1.165, 1.54) is 17.8 Å². The van der Waals surface area contributed by atoms with Crippen LogP contribution in [0.25, 0.3) is 0 Å². The van der Waals surface area contributed by atoms with Crippen LogP contribution in [0.15, 0.2) is 42.6 Å². The Hall–Kier alpha value is -1.94. The summed E-state index contributed by atoms with van der Waals surface area (Å²) in [7, 11) is 1.65. The number of benzene rings is 1. The van der Waals surface area contributed by atoms with Crippen molar-refractivity contribution in [2.24, 2.45) is 0 Å². The van der Waals surface area contributed by atoms with Crippen molar-refractivity contribution in [2.75, 3.05) is 7.11 Å². The van der Waals surface area contributed by atoms with Gasteiger partial charge in [-0.05, 0) is 43.7 Å². The summed E-state index contributed by atoms with van der Waals surface area (Å²) >= 11 is 0. The fourth-order valence-electron chi connectivity index (χ4n) is 2.09. The molecule has 1 N–H and O–H groups in total. The Bertz CT molecular complexity index is 539. The first-order valence-corrected chi connectivity index (χ1v) is 6.61. The average molecular weight is 274 g/mol. The van der Waals surface area contributed by atoms with Gasteiger partial charge in [0.2, 0.25) is 0 Å². The Labute approximate surface area is 118 Å². The van der Waals surface area contributed by atoms with E-state index in [-0.39, 0.29) is 17.9 Å². The molecule has 1 aromatic heterocycles. The lowest BCUT2D eigenvalue weighted by Gasteiger charge is -2.20. The second-order valence-electron chi connectivity index (χ2n) is 4.78. The number of halogens is 1. The molecule has 2 atom stereocenters. The normalized spacial score (nSPS) is 13.8. The molecule has 0 bridgehead atoms. The molecule has 0 spiro atoms. The first kappa shape index (κ1) is 14.5. The highest BCUT2D eigenvalue weighted by Gasteiger charge is 2.12. The molecular formula is C16H19FN2O. The Morgan fingerprint density at radius 1 is 1.05 bits per heavy atom. The van der Waals surface area contributed by atoms with Gasteiger partial charge >= 0.3 is 0 Å². The van der Waals surface area contributed by atoms with Gasteiger partial charge in [-0.3, -0.25) is 4.98 Å². The minimum atomic E-state index is -0.316. The Morgan fingerprint density at radius 3 is 2.30 bits per heavy atom. The predicted molar refractivity (Wildman–Crippen MR) is 77.2 cm³/mol. The van der Waals surface area contributed by atoms with Gasteiger partial charge in [0.05, 0.1) is 19.0 Å². The quantitative estimate of drug-likeness (QED) is 0.903. The Balaban J connectivity index is 2.02. The van der Waals surface area contributed by atoms with E-state index in [0.29, 0.717) is 0 Å². The molecule has 0 amide bonds. The summed E-state index contributed by atoms with van der Waals surface area (Å²) in [6.45, 7) is 4.10. The second kappa shape index (κ2) is 6.48. The van der Waals surface area contributed by atoms with Crippen molar-refractivity contribution in [3.63, 3.8) is 0 Å². The summed E-state index contributed by atoms with van der Waals surface area (Å²) in [5, 5.41) is 3.44. The van der Waals surface area contributed by atoms with Crippen molar-refractivity contribution >= 4 is 0 Å². The van der Waals surface area contributed by atoms with Crippen molar-refractivity contribution in [1.29, 1.82) is 0 Å². The molecule has 2 rings (SSSR count). The molecule has 4 heteroatoms. The number of aromatic nitrogens is 1. The van der Waals surface area contributed by atoms with Crippen LogP contribution >= 0.6 is 0 Å². The van der Waals surface area contributed by atoms with E-state index >= 15 is 0 Å². The molecule has 2 aromatic rings. The maximum atomic E-state index is 12.9. The topological polar surface area (TPSA) is 34.1 Å². The number of pyridine rings is 1. The molecule has 1 unspecified atom stereocenters. The SMILES string of the molecule is COc1ccc([C@H](C)NC(C)c2ccc(F)cn2)cc1. The Kier molecular flexibility index (Phi) is 4.69. The van der Waals surface area contributed by atoms with Crippen LogP contribution < -0.4 is 10.1 Å². The van der Waals surface area contributed by atoms with Gasteiger partial charge in [0, 0.05) is 12.1 Å². The largest absolute Gasteiger partial charge is 0.497 e. The molecule has 1 heterocycles. The molecule has 0 aliphatic heterocycles. The van der Waals surface area contributed by atoms with Crippen molar-refractivity contribution in [3.05, 3.63) is 59.7 Å². The van der Waals surface area contributed by atoms with E-state index in [1.54, 1.807) is 13.2 Å². The maximum absolute atomic E-state index is 12.9. The number of methoxy groups -OCH3 is 1. The van der Waals surface area contributed by atoms with Crippen LogP contribution in [0, 0.1) is 5.82 Å². The number of nitrogens with one attached hydrogen (secondary N) is 1. The lowest BCUT2D eigenvalue weighted by atomic mass is 10.1. The zero-order chi connectivity index (χ0) is 14.5. The van der Waals surface area contributed by atoms with Crippen molar-refractivity contribution in [2.45, 2.75) is 25.9 Å². The minimum Gasteiger partial charge on any atom is -0.497 e. The molecule has 0 aliphatic rings. The van der Waals surface area contributed by atoms with Crippen LogP contribution in [0.5, 0.6) is 5.75 Å². The standard InChI is InChI=1S/C16H19FN2O/c1-11(13-4-7-15(20-3)8-5-13)19-12(2)16-9-6-14(17)10-18-16/h4-12,19H,1-3H3/t11-,12?/m0/s1. The molecule has 0 fully saturated rings. The van der Waals surface area contributed by atoms with Gasteiger partial charge in [-0.15, -0.1) is 0 Å². The third-order valence-electron chi connectivity index (χ3n) is 3.31. The lowest BCUT2D eigenvalue weighted by molar-refractivity contribution is 0.414. The van der Waals surface area contributed by atoms with Gasteiger partial charge < -0.3 is 10.1 Å². The summed E-state index contributed by atoms with van der Waals surface area (Å²) in [5.41, 5.74) is 1.99. The van der Waals surface area contributed by atoms with Crippen LogP contribution in [0.3, 0.4) is 0 Å². The third-order valence-corrected chi connectivity index (χ3v) is 3.31. The third kappa shape index (κ3) is 3.54. The number of hydrogen-bond acceptors (Lipinski definition) is 3. The van der Waals surface area contributed by atoms with Gasteiger partial charge in [-0.1, -0.05) is 12.1 Å². The number of rotatable bonds is 5. The lowest BCUT2D eigenvalue weighted by Crippen LogP contribution is -2.23. The zero-order valence-corrected chi connectivity index (χ0v) is 11.9. The highest BCUT2D eigenvalue weighted by Crippen LogP contribution is 2.20. The van der Waals surface area contributed by atoms with Crippen LogP contribution in [-0.4, -0.2) is 12.1 Å². The van der Waals surface area contributed by atoms with Crippen LogP contribution in [0.4, 0.5) is 4.39 Å². The van der Waals surface area contributed by atoms with Gasteiger partial charge in [0.25, 0.3) is 0 Å². The highest BCUT2D eigenvalue weighted by atomic mass is 19.1. The smallest absolute Gasteiger partial charge is 0.141 e. The van der Waals surface area contributed by atoms with E-state index in [9.17, 15) is 4.39 Å². The average Bonchev–Trinajstić information content (AvgIpc) is 2.48. The van der Waals surface area contributed by atoms with Crippen molar-refractivity contribution in [3.8, 4) is 5.75 Å². The van der Waals surface area contributed by atoms with Gasteiger partial charge in [0.15, 0.2) is 0 Å². The van der Waals surface area contributed by atoms with E-state index in [2.05, 4.69) is 17.2 Å². The second-order valence-corrected chi connectivity index (χ2v) is 4.78. The highest BCUT2D eigenvalue weighted by molar-refractivity contribution is 5.29. The molecule has 0 saturated carbocycles. The van der Waals surface area contributed by atoms with E-state index in [0.717, 1.165) is 11.4 Å². The van der Waals surface area contributed by atoms with Gasteiger partial charge in [-0.2, -0.15) is 0 Å². The van der Waals surface area contributed by atoms with Crippen LogP contribution in [0.2, 0.25) is 0 Å². The molecule has 1 aromatic carbocycles. The van der Waals surface area contributed by atoms with Gasteiger partial charge in [0.1, 0.15) is 11.6 Å². The monoisotopic (exact) mass is 274 g/mol. The van der Waals surface area contributed by atoms with E-state index < -0.39 is 0 Å². The van der Waals surface area contributed by atoms with Crippen molar-refractivity contribution in [1.82, 2.24) is 10.3 Å². The summed E-state index contributed by atoms with van der Waals surface area (Å²) < 4.78 is 18.0. The first-order chi connectivity index (χ1) is 9.60. The molecule has 3 nitrogen and oxygen atoms in total. The molecule has 106 valence electrons. The first-order valence-electron chi connectivity index (χ1n) is 6.61. The molecule has 0 saturated heterocycles. The maximum Gasteiger partial charge on any atom is 0.141 e. The predicted octanol–water partition coefficient (Wildman–Crippen LogP) is 3.64. The molecular weight excluding hydrogens is 255 g/mol. The van der Waals surface area contributed by atoms with E-state index in [4.69, 9.17) is 4.74 Å². The summed E-state index contributed by atoms with van der Waals surface area (Å²) in [6, 6.07) is 11.3. The number of hydrogen-bond donors (Lipinski definition) is 1. The summed E-state index contributed by atoms with van der Waals surface area (Å²) in [4.78, 5) is 4.09. The Morgan fingerprint density at radius 2 is 1.75 bits per heavy atom.